The van der Waals surface area contributed by atoms with Crippen molar-refractivity contribution >= 4 is 40.1 Å². The lowest BCUT2D eigenvalue weighted by molar-refractivity contribution is -0.124. The molecular weight excluding hydrogens is 398 g/mol. The van der Waals surface area contributed by atoms with Crippen molar-refractivity contribution in [3.8, 4) is 0 Å². The molecule has 1 aliphatic heterocycles. The fourth-order valence-electron chi connectivity index (χ4n) is 2.25. The number of para-hydroxylation sites is 1. The molecule has 1 saturated heterocycles. The number of rotatable bonds is 3. The molecule has 1 N–H and O–H groups in total. The van der Waals surface area contributed by atoms with Crippen LogP contribution in [0.25, 0.3) is 0 Å². The van der Waals surface area contributed by atoms with E-state index in [1.807, 2.05) is 52.9 Å². The Morgan fingerprint density at radius 1 is 1.23 bits per heavy atom. The number of anilines is 1. The van der Waals surface area contributed by atoms with Crippen LogP contribution in [0.3, 0.4) is 0 Å². The third-order valence-corrected chi connectivity index (χ3v) is 4.36. The maximum atomic E-state index is 13.5. The van der Waals surface area contributed by atoms with E-state index in [1.165, 1.54) is 18.2 Å². The summed E-state index contributed by atoms with van der Waals surface area (Å²) in [6, 6.07) is 12.9. The lowest BCUT2D eigenvalue weighted by atomic mass is 10.1. The fraction of sp³-hybridized carbons (Fsp3) is 0.125. The van der Waals surface area contributed by atoms with Crippen molar-refractivity contribution < 1.29 is 14.0 Å². The molecule has 3 rings (SSSR count). The fourth-order valence-corrected chi connectivity index (χ4v) is 2.59. The number of β-lactam (4-membered cyclic amide) rings is 1. The van der Waals surface area contributed by atoms with Crippen LogP contribution >= 0.6 is 22.6 Å². The summed E-state index contributed by atoms with van der Waals surface area (Å²) >= 11 is 1.85. The Morgan fingerprint density at radius 3 is 2.59 bits per heavy atom. The predicted molar refractivity (Wildman–Crippen MR) is 89.2 cm³/mol. The molecule has 1 unspecified atom stereocenters. The van der Waals surface area contributed by atoms with E-state index >= 15 is 0 Å². The monoisotopic (exact) mass is 410 g/mol. The second-order valence-electron chi connectivity index (χ2n) is 4.94. The van der Waals surface area contributed by atoms with Gasteiger partial charge in [0.1, 0.15) is 11.9 Å². The molecule has 0 aliphatic carbocycles. The molecule has 0 saturated carbocycles. The number of carbonyl (C=O) groups is 2. The Balaban J connectivity index is 1.64. The first kappa shape index (κ1) is 15.0. The zero-order chi connectivity index (χ0) is 15.7. The molecule has 22 heavy (non-hydrogen) atoms. The first-order valence-electron chi connectivity index (χ1n) is 6.68. The van der Waals surface area contributed by atoms with Crippen LogP contribution in [-0.4, -0.2) is 24.4 Å². The average Bonchev–Trinajstić information content (AvgIpc) is 2.53. The molecule has 2 amide bonds. The Morgan fingerprint density at radius 2 is 1.95 bits per heavy atom. The van der Waals surface area contributed by atoms with E-state index in [2.05, 4.69) is 5.32 Å². The number of nitrogens with one attached hydrogen (secondary N) is 1. The van der Waals surface area contributed by atoms with E-state index in [-0.39, 0.29) is 11.5 Å². The minimum Gasteiger partial charge on any atom is -0.339 e. The highest BCUT2D eigenvalue weighted by Crippen LogP contribution is 2.22. The van der Waals surface area contributed by atoms with Gasteiger partial charge in [0.05, 0.1) is 6.54 Å². The van der Waals surface area contributed by atoms with E-state index in [0.29, 0.717) is 10.1 Å². The van der Waals surface area contributed by atoms with Crippen LogP contribution < -0.4 is 10.2 Å². The van der Waals surface area contributed by atoms with Gasteiger partial charge in [-0.05, 0) is 52.9 Å². The van der Waals surface area contributed by atoms with Crippen LogP contribution in [0.2, 0.25) is 0 Å². The van der Waals surface area contributed by atoms with Gasteiger partial charge in [-0.3, -0.25) is 9.59 Å². The van der Waals surface area contributed by atoms with E-state index < -0.39 is 17.8 Å². The molecule has 0 aromatic heterocycles. The smallest absolute Gasteiger partial charge is 0.252 e. The van der Waals surface area contributed by atoms with Crippen molar-refractivity contribution in [2.24, 2.45) is 0 Å². The van der Waals surface area contributed by atoms with Crippen molar-refractivity contribution in [1.82, 2.24) is 5.32 Å². The van der Waals surface area contributed by atoms with Crippen LogP contribution in [0.1, 0.15) is 10.4 Å². The Bertz CT molecular complexity index is 736. The normalized spacial score (nSPS) is 17.1. The maximum Gasteiger partial charge on any atom is 0.252 e. The van der Waals surface area contributed by atoms with Gasteiger partial charge in [-0.15, -0.1) is 0 Å². The molecule has 1 heterocycles. The average molecular weight is 410 g/mol. The van der Waals surface area contributed by atoms with Crippen molar-refractivity contribution in [2.45, 2.75) is 6.04 Å². The second kappa shape index (κ2) is 6.04. The predicted octanol–water partition coefficient (Wildman–Crippen LogP) is 2.58. The molecule has 4 nitrogen and oxygen atoms in total. The van der Waals surface area contributed by atoms with Crippen LogP contribution in [0.15, 0.2) is 48.5 Å². The third-order valence-electron chi connectivity index (χ3n) is 3.48. The quantitative estimate of drug-likeness (QED) is 0.625. The zero-order valence-corrected chi connectivity index (χ0v) is 13.6. The maximum absolute atomic E-state index is 13.5. The topological polar surface area (TPSA) is 49.4 Å². The van der Waals surface area contributed by atoms with Gasteiger partial charge in [0.25, 0.3) is 11.8 Å². The van der Waals surface area contributed by atoms with Gasteiger partial charge in [0, 0.05) is 14.8 Å². The molecule has 0 spiro atoms. The van der Waals surface area contributed by atoms with Gasteiger partial charge >= 0.3 is 0 Å². The van der Waals surface area contributed by atoms with Crippen LogP contribution in [-0.2, 0) is 4.79 Å². The summed E-state index contributed by atoms with van der Waals surface area (Å²) in [6.07, 6.45) is 0. The van der Waals surface area contributed by atoms with Gasteiger partial charge in [-0.25, -0.2) is 4.39 Å². The van der Waals surface area contributed by atoms with Crippen molar-refractivity contribution in [3.63, 3.8) is 0 Å². The Labute approximate surface area is 140 Å². The minimum absolute atomic E-state index is 0.162. The number of carbonyl (C=O) groups excluding carboxylic acids is 2. The second-order valence-corrected chi connectivity index (χ2v) is 6.10. The summed E-state index contributed by atoms with van der Waals surface area (Å²) in [5, 5.41) is 2.63. The number of hydrogen-bond acceptors (Lipinski definition) is 2. The molecule has 0 radical (unpaired) electrons. The molecular formula is C16H12FIN2O2. The molecule has 6 heteroatoms. The third kappa shape index (κ3) is 2.83. The molecule has 112 valence electrons. The Kier molecular flexibility index (Phi) is 4.10. The van der Waals surface area contributed by atoms with Crippen LogP contribution in [0.5, 0.6) is 0 Å². The molecule has 1 aliphatic rings. The summed E-state index contributed by atoms with van der Waals surface area (Å²) in [5.41, 5.74) is 1.02. The van der Waals surface area contributed by atoms with Gasteiger partial charge in [-0.2, -0.15) is 0 Å². The highest BCUT2D eigenvalue weighted by molar-refractivity contribution is 14.1. The van der Waals surface area contributed by atoms with Crippen LogP contribution in [0, 0.1) is 9.39 Å². The lowest BCUT2D eigenvalue weighted by Crippen LogP contribution is -2.64. The van der Waals surface area contributed by atoms with E-state index in [9.17, 15) is 14.0 Å². The molecule has 0 bridgehead atoms. The number of halogens is 2. The summed E-state index contributed by atoms with van der Waals surface area (Å²) in [7, 11) is 0. The first-order chi connectivity index (χ1) is 10.6. The first-order valence-corrected chi connectivity index (χ1v) is 7.76. The summed E-state index contributed by atoms with van der Waals surface area (Å²) in [6.45, 7) is 0.418. The molecule has 1 atom stereocenters. The highest BCUT2D eigenvalue weighted by atomic mass is 127. The SMILES string of the molecule is O=C(NC1CN(c2ccccc2)C1=O)c1ccc(I)c(F)c1. The number of hydrogen-bond donors (Lipinski definition) is 1. The summed E-state index contributed by atoms with van der Waals surface area (Å²) in [5.74, 6) is -1.05. The summed E-state index contributed by atoms with van der Waals surface area (Å²) < 4.78 is 13.9. The molecule has 2 aromatic carbocycles. The van der Waals surface area contributed by atoms with Crippen LogP contribution in [0.4, 0.5) is 10.1 Å². The van der Waals surface area contributed by atoms with E-state index in [1.54, 1.807) is 4.90 Å². The van der Waals surface area contributed by atoms with E-state index in [4.69, 9.17) is 0 Å². The van der Waals surface area contributed by atoms with Gasteiger partial charge in [0.15, 0.2) is 0 Å². The number of nitrogens with zero attached hydrogens (tertiary/aromatic N) is 1. The highest BCUT2D eigenvalue weighted by Gasteiger charge is 2.38. The van der Waals surface area contributed by atoms with E-state index in [0.717, 1.165) is 5.69 Å². The molecule has 2 aromatic rings. The number of benzene rings is 2. The van der Waals surface area contributed by atoms with Crippen molar-refractivity contribution in [1.29, 1.82) is 0 Å². The lowest BCUT2D eigenvalue weighted by Gasteiger charge is -2.38. The number of amides is 2. The van der Waals surface area contributed by atoms with Gasteiger partial charge < -0.3 is 10.2 Å². The minimum atomic E-state index is -0.560. The zero-order valence-electron chi connectivity index (χ0n) is 11.4. The van der Waals surface area contributed by atoms with Gasteiger partial charge in [0.2, 0.25) is 0 Å². The van der Waals surface area contributed by atoms with Gasteiger partial charge in [-0.1, -0.05) is 18.2 Å². The summed E-state index contributed by atoms with van der Waals surface area (Å²) in [4.78, 5) is 25.7. The molecule has 1 fully saturated rings. The Hall–Kier alpha value is -1.96. The largest absolute Gasteiger partial charge is 0.339 e. The standard InChI is InChI=1S/C16H12FIN2O2/c17-12-8-10(6-7-13(12)18)15(21)19-14-9-20(16(14)22)11-4-2-1-3-5-11/h1-8,14H,9H2,(H,19,21). The van der Waals surface area contributed by atoms with Crippen molar-refractivity contribution in [2.75, 3.05) is 11.4 Å². The van der Waals surface area contributed by atoms with Crippen molar-refractivity contribution in [3.05, 3.63) is 63.5 Å².